The molecule has 1 amide bonds. The van der Waals surface area contributed by atoms with Gasteiger partial charge in [0, 0.05) is 24.5 Å². The number of hydrogen-bond acceptors (Lipinski definition) is 6. The van der Waals surface area contributed by atoms with Gasteiger partial charge in [-0.25, -0.2) is 0 Å². The molecule has 1 N–H and O–H groups in total. The number of rotatable bonds is 6. The molecule has 2 aromatic carbocycles. The molecule has 0 unspecified atom stereocenters. The molecule has 1 fully saturated rings. The first kappa shape index (κ1) is 20.4. The summed E-state index contributed by atoms with van der Waals surface area (Å²) in [7, 11) is 0. The molecule has 30 heavy (non-hydrogen) atoms. The average molecular weight is 423 g/mol. The molecule has 0 bridgehead atoms. The summed E-state index contributed by atoms with van der Waals surface area (Å²) in [4.78, 5) is 14.8. The minimum Gasteiger partial charge on any atom is -0.372 e. The lowest BCUT2D eigenvalue weighted by molar-refractivity contribution is -0.113. The topological polar surface area (TPSA) is 75.9 Å². The minimum atomic E-state index is -0.0830. The number of amides is 1. The van der Waals surface area contributed by atoms with Crippen molar-refractivity contribution in [3.8, 4) is 5.69 Å². The number of aryl methyl sites for hydroxylation is 2. The second kappa shape index (κ2) is 9.30. The Labute approximate surface area is 180 Å². The van der Waals surface area contributed by atoms with Crippen LogP contribution >= 0.6 is 11.8 Å². The molecule has 0 saturated carbocycles. The van der Waals surface area contributed by atoms with Crippen LogP contribution in [0.25, 0.3) is 5.69 Å². The number of nitrogens with one attached hydrogen (secondary N) is 1. The zero-order valence-electron chi connectivity index (χ0n) is 17.3. The second-order valence-corrected chi connectivity index (χ2v) is 8.52. The number of aromatic nitrogens is 4. The smallest absolute Gasteiger partial charge is 0.234 e. The Hall–Kier alpha value is -2.87. The van der Waals surface area contributed by atoms with Crippen molar-refractivity contribution in [3.63, 3.8) is 0 Å². The molecular formula is C22H26N6OS. The summed E-state index contributed by atoms with van der Waals surface area (Å²) < 4.78 is 1.66. The van der Waals surface area contributed by atoms with Gasteiger partial charge in [-0.1, -0.05) is 17.8 Å². The molecule has 1 aliphatic heterocycles. The van der Waals surface area contributed by atoms with Crippen molar-refractivity contribution in [1.82, 2.24) is 20.2 Å². The fourth-order valence-corrected chi connectivity index (χ4v) is 4.21. The molecule has 1 aliphatic rings. The van der Waals surface area contributed by atoms with Gasteiger partial charge in [-0.15, -0.1) is 5.10 Å². The maximum absolute atomic E-state index is 12.4. The van der Waals surface area contributed by atoms with E-state index in [1.165, 1.54) is 47.8 Å². The normalized spacial score (nSPS) is 14.0. The van der Waals surface area contributed by atoms with E-state index in [-0.39, 0.29) is 11.7 Å². The van der Waals surface area contributed by atoms with Crippen LogP contribution in [-0.2, 0) is 4.79 Å². The Morgan fingerprint density at radius 1 is 1.00 bits per heavy atom. The highest BCUT2D eigenvalue weighted by atomic mass is 32.2. The number of carbonyl (C=O) groups is 1. The van der Waals surface area contributed by atoms with Crippen LogP contribution in [0.2, 0.25) is 0 Å². The molecule has 1 saturated heterocycles. The van der Waals surface area contributed by atoms with Crippen LogP contribution in [0.4, 0.5) is 11.4 Å². The summed E-state index contributed by atoms with van der Waals surface area (Å²) in [6.45, 7) is 6.34. The number of benzene rings is 2. The third-order valence-electron chi connectivity index (χ3n) is 5.38. The first-order valence-electron chi connectivity index (χ1n) is 10.2. The number of thioether (sulfide) groups is 1. The monoisotopic (exact) mass is 422 g/mol. The minimum absolute atomic E-state index is 0.0830. The number of carbonyl (C=O) groups excluding carboxylic acids is 1. The van der Waals surface area contributed by atoms with E-state index >= 15 is 0 Å². The average Bonchev–Trinajstić information content (AvgIpc) is 3.24. The quantitative estimate of drug-likeness (QED) is 0.605. The highest BCUT2D eigenvalue weighted by Gasteiger charge is 2.13. The fourth-order valence-electron chi connectivity index (χ4n) is 3.52. The SMILES string of the molecule is Cc1ccc(-n2nnnc2SCC(=O)Nc2ccc(N3CCCCC3)cc2)cc1C. The molecule has 1 aromatic heterocycles. The van der Waals surface area contributed by atoms with Crippen molar-refractivity contribution < 1.29 is 4.79 Å². The molecule has 4 rings (SSSR count). The van der Waals surface area contributed by atoms with E-state index < -0.39 is 0 Å². The van der Waals surface area contributed by atoms with Crippen LogP contribution in [0, 0.1) is 13.8 Å². The number of anilines is 2. The van der Waals surface area contributed by atoms with Gasteiger partial charge in [0.1, 0.15) is 0 Å². The summed E-state index contributed by atoms with van der Waals surface area (Å²) in [5.41, 5.74) is 5.29. The Balaban J connectivity index is 1.34. The van der Waals surface area contributed by atoms with Crippen molar-refractivity contribution in [2.45, 2.75) is 38.3 Å². The molecule has 0 aliphatic carbocycles. The second-order valence-electron chi connectivity index (χ2n) is 7.57. The maximum Gasteiger partial charge on any atom is 0.234 e. The molecule has 0 atom stereocenters. The van der Waals surface area contributed by atoms with Crippen molar-refractivity contribution in [1.29, 1.82) is 0 Å². The van der Waals surface area contributed by atoms with E-state index in [1.807, 2.05) is 30.3 Å². The maximum atomic E-state index is 12.4. The van der Waals surface area contributed by atoms with Crippen LogP contribution in [0.5, 0.6) is 0 Å². The van der Waals surface area contributed by atoms with Gasteiger partial charge in [0.15, 0.2) is 0 Å². The molecule has 3 aromatic rings. The highest BCUT2D eigenvalue weighted by Crippen LogP contribution is 2.23. The highest BCUT2D eigenvalue weighted by molar-refractivity contribution is 7.99. The van der Waals surface area contributed by atoms with Crippen LogP contribution in [-0.4, -0.2) is 45.0 Å². The Kier molecular flexibility index (Phi) is 6.32. The standard InChI is InChI=1S/C22H26N6OS/c1-16-6-9-20(14-17(16)2)28-22(24-25-26-28)30-15-21(29)23-18-7-10-19(11-8-18)27-12-4-3-5-13-27/h6-11,14H,3-5,12-13,15H2,1-2H3,(H,23,29). The van der Waals surface area contributed by atoms with Crippen LogP contribution in [0.1, 0.15) is 30.4 Å². The van der Waals surface area contributed by atoms with Crippen LogP contribution in [0.15, 0.2) is 47.6 Å². The van der Waals surface area contributed by atoms with Gasteiger partial charge in [-0.05, 0) is 91.1 Å². The molecule has 0 spiro atoms. The number of hydrogen-bond donors (Lipinski definition) is 1. The largest absolute Gasteiger partial charge is 0.372 e. The van der Waals surface area contributed by atoms with E-state index in [4.69, 9.17) is 0 Å². The zero-order chi connectivity index (χ0) is 20.9. The van der Waals surface area contributed by atoms with Crippen molar-refractivity contribution in [2.75, 3.05) is 29.1 Å². The first-order chi connectivity index (χ1) is 14.6. The number of piperidine rings is 1. The summed E-state index contributed by atoms with van der Waals surface area (Å²) in [5.74, 6) is 0.152. The van der Waals surface area contributed by atoms with Gasteiger partial charge in [0.05, 0.1) is 11.4 Å². The van der Waals surface area contributed by atoms with E-state index in [0.717, 1.165) is 24.5 Å². The van der Waals surface area contributed by atoms with Gasteiger partial charge in [0.25, 0.3) is 0 Å². The molecule has 7 nitrogen and oxygen atoms in total. The van der Waals surface area contributed by atoms with Gasteiger partial charge in [-0.3, -0.25) is 4.79 Å². The predicted octanol–water partition coefficient (Wildman–Crippen LogP) is 4.00. The lowest BCUT2D eigenvalue weighted by atomic mass is 10.1. The Bertz CT molecular complexity index is 1010. The van der Waals surface area contributed by atoms with Gasteiger partial charge < -0.3 is 10.2 Å². The third kappa shape index (κ3) is 4.81. The summed E-state index contributed by atoms with van der Waals surface area (Å²) in [6.07, 6.45) is 3.81. The Morgan fingerprint density at radius 3 is 2.47 bits per heavy atom. The summed E-state index contributed by atoms with van der Waals surface area (Å²) in [6, 6.07) is 14.1. The number of nitrogens with zero attached hydrogens (tertiary/aromatic N) is 5. The lowest BCUT2D eigenvalue weighted by Crippen LogP contribution is -2.29. The number of tetrazole rings is 1. The van der Waals surface area contributed by atoms with Crippen LogP contribution in [0.3, 0.4) is 0 Å². The lowest BCUT2D eigenvalue weighted by Gasteiger charge is -2.28. The molecule has 0 radical (unpaired) electrons. The van der Waals surface area contributed by atoms with E-state index in [0.29, 0.717) is 5.16 Å². The van der Waals surface area contributed by atoms with E-state index in [9.17, 15) is 4.79 Å². The van der Waals surface area contributed by atoms with Gasteiger partial charge in [-0.2, -0.15) is 4.68 Å². The summed E-state index contributed by atoms with van der Waals surface area (Å²) in [5, 5.41) is 15.5. The molecular weight excluding hydrogens is 396 g/mol. The fraction of sp³-hybridized carbons (Fsp3) is 0.364. The summed E-state index contributed by atoms with van der Waals surface area (Å²) >= 11 is 1.32. The van der Waals surface area contributed by atoms with Crippen LogP contribution < -0.4 is 10.2 Å². The third-order valence-corrected chi connectivity index (χ3v) is 6.30. The Morgan fingerprint density at radius 2 is 1.73 bits per heavy atom. The molecule has 8 heteroatoms. The van der Waals surface area contributed by atoms with Crippen molar-refractivity contribution in [2.24, 2.45) is 0 Å². The molecule has 2 heterocycles. The molecule has 156 valence electrons. The van der Waals surface area contributed by atoms with Crippen molar-refractivity contribution in [3.05, 3.63) is 53.6 Å². The first-order valence-corrected chi connectivity index (χ1v) is 11.2. The van der Waals surface area contributed by atoms with E-state index in [2.05, 4.69) is 51.7 Å². The van der Waals surface area contributed by atoms with Gasteiger partial charge in [0.2, 0.25) is 11.1 Å². The van der Waals surface area contributed by atoms with Gasteiger partial charge >= 0.3 is 0 Å². The van der Waals surface area contributed by atoms with E-state index in [1.54, 1.807) is 4.68 Å². The zero-order valence-corrected chi connectivity index (χ0v) is 18.2. The van der Waals surface area contributed by atoms with Crippen molar-refractivity contribution >= 4 is 29.0 Å². The predicted molar refractivity (Wildman–Crippen MR) is 120 cm³/mol.